The van der Waals surface area contributed by atoms with Crippen LogP contribution in [0.3, 0.4) is 0 Å². The van der Waals surface area contributed by atoms with E-state index >= 15 is 0 Å². The van der Waals surface area contributed by atoms with Crippen LogP contribution >= 0.6 is 0 Å². The van der Waals surface area contributed by atoms with Crippen LogP contribution in [0.15, 0.2) is 24.3 Å². The molecule has 3 atom stereocenters. The smallest absolute Gasteiger partial charge is 0.416 e. The van der Waals surface area contributed by atoms with Crippen molar-refractivity contribution < 1.29 is 26.3 Å². The maximum Gasteiger partial charge on any atom is 0.416 e. The minimum Gasteiger partial charge on any atom is -0.492 e. The number of benzene rings is 1. The molecule has 0 aromatic heterocycles. The molecule has 1 aliphatic heterocycles. The molecule has 128 valence electrons. The summed E-state index contributed by atoms with van der Waals surface area (Å²) in [4.78, 5) is 0. The molecule has 1 saturated heterocycles. The molecule has 1 saturated carbocycles. The highest BCUT2D eigenvalue weighted by Gasteiger charge is 2.50. The summed E-state index contributed by atoms with van der Waals surface area (Å²) in [5.74, 6) is 0.330. The monoisotopic (exact) mass is 349 g/mol. The molecule has 0 unspecified atom stereocenters. The molecular formula is C15H18F3NO3S. The van der Waals surface area contributed by atoms with Gasteiger partial charge in [0.05, 0.1) is 17.9 Å². The van der Waals surface area contributed by atoms with Crippen LogP contribution in [0.25, 0.3) is 0 Å². The van der Waals surface area contributed by atoms with Crippen molar-refractivity contribution in [2.75, 3.05) is 12.9 Å². The lowest BCUT2D eigenvalue weighted by atomic mass is 10.0. The molecule has 2 aliphatic rings. The van der Waals surface area contributed by atoms with Crippen molar-refractivity contribution in [2.45, 2.75) is 37.5 Å². The lowest BCUT2D eigenvalue weighted by Gasteiger charge is -2.33. The van der Waals surface area contributed by atoms with Crippen molar-refractivity contribution in [3.05, 3.63) is 29.8 Å². The van der Waals surface area contributed by atoms with Crippen LogP contribution in [0.5, 0.6) is 5.75 Å². The number of nitrogens with zero attached hydrogens (tertiary/aromatic N) is 1. The predicted octanol–water partition coefficient (Wildman–Crippen LogP) is 2.90. The summed E-state index contributed by atoms with van der Waals surface area (Å²) in [6.45, 7) is 0.0789. The highest BCUT2D eigenvalue weighted by Crippen LogP contribution is 2.44. The van der Waals surface area contributed by atoms with Crippen molar-refractivity contribution in [2.24, 2.45) is 5.92 Å². The molecule has 1 aromatic rings. The quantitative estimate of drug-likeness (QED) is 0.840. The second-order valence-electron chi connectivity index (χ2n) is 6.22. The van der Waals surface area contributed by atoms with Crippen LogP contribution in [-0.4, -0.2) is 37.7 Å². The third-order valence-corrected chi connectivity index (χ3v) is 5.98. The molecule has 23 heavy (non-hydrogen) atoms. The summed E-state index contributed by atoms with van der Waals surface area (Å²) in [7, 11) is -3.35. The maximum absolute atomic E-state index is 12.7. The average Bonchev–Trinajstić information content (AvgIpc) is 3.04. The Hall–Kier alpha value is -1.28. The van der Waals surface area contributed by atoms with E-state index < -0.39 is 21.8 Å². The van der Waals surface area contributed by atoms with E-state index in [2.05, 4.69) is 0 Å². The molecule has 0 N–H and O–H groups in total. The Morgan fingerprint density at radius 3 is 2.70 bits per heavy atom. The minimum atomic E-state index is -4.43. The first kappa shape index (κ1) is 16.6. The highest BCUT2D eigenvalue weighted by molar-refractivity contribution is 7.88. The largest absolute Gasteiger partial charge is 0.492 e. The molecule has 0 amide bonds. The second kappa shape index (κ2) is 5.66. The van der Waals surface area contributed by atoms with Gasteiger partial charge >= 0.3 is 6.18 Å². The number of hydrogen-bond acceptors (Lipinski definition) is 3. The van der Waals surface area contributed by atoms with Gasteiger partial charge in [0.2, 0.25) is 10.0 Å². The van der Waals surface area contributed by atoms with Crippen LogP contribution in [0.1, 0.15) is 24.8 Å². The Morgan fingerprint density at radius 1 is 1.30 bits per heavy atom. The Labute approximate surface area is 133 Å². The zero-order valence-electron chi connectivity index (χ0n) is 12.6. The van der Waals surface area contributed by atoms with Gasteiger partial charge in [-0.15, -0.1) is 0 Å². The molecule has 8 heteroatoms. The van der Waals surface area contributed by atoms with Gasteiger partial charge in [0.25, 0.3) is 0 Å². The summed E-state index contributed by atoms with van der Waals surface area (Å²) in [6.07, 6.45) is -0.662. The molecular weight excluding hydrogens is 331 g/mol. The van der Waals surface area contributed by atoms with Crippen LogP contribution in [-0.2, 0) is 16.2 Å². The van der Waals surface area contributed by atoms with Crippen LogP contribution in [0, 0.1) is 5.92 Å². The standard InChI is InChI=1S/C15H18F3NO3S/c1-23(20,21)19-12-6-5-10(7-12)14(19)9-22-13-4-2-3-11(8-13)15(16,17)18/h2-4,8,10,12,14H,5-7,9H2,1H3/t10-,12-,14+/m0/s1. The number of hydrogen-bond donors (Lipinski definition) is 0. The fraction of sp³-hybridized carbons (Fsp3) is 0.600. The van der Waals surface area contributed by atoms with Gasteiger partial charge in [-0.3, -0.25) is 0 Å². The summed E-state index contributed by atoms with van der Waals surface area (Å²) in [5, 5.41) is 0. The molecule has 1 aliphatic carbocycles. The number of halogens is 3. The fourth-order valence-electron chi connectivity index (χ4n) is 3.72. The Kier molecular flexibility index (Phi) is 4.08. The van der Waals surface area contributed by atoms with E-state index in [9.17, 15) is 21.6 Å². The van der Waals surface area contributed by atoms with Crippen molar-refractivity contribution in [3.63, 3.8) is 0 Å². The Balaban J connectivity index is 1.73. The summed E-state index contributed by atoms with van der Waals surface area (Å²) in [6, 6.07) is 4.37. The number of rotatable bonds is 4. The summed E-state index contributed by atoms with van der Waals surface area (Å²) >= 11 is 0. The molecule has 2 bridgehead atoms. The summed E-state index contributed by atoms with van der Waals surface area (Å²) < 4.78 is 69.0. The highest BCUT2D eigenvalue weighted by atomic mass is 32.2. The van der Waals surface area contributed by atoms with E-state index in [-0.39, 0.29) is 30.4 Å². The van der Waals surface area contributed by atoms with E-state index in [1.165, 1.54) is 22.7 Å². The topological polar surface area (TPSA) is 46.6 Å². The minimum absolute atomic E-state index is 0.00473. The van der Waals surface area contributed by atoms with E-state index in [4.69, 9.17) is 4.74 Å². The van der Waals surface area contributed by atoms with E-state index in [0.29, 0.717) is 0 Å². The Morgan fingerprint density at radius 2 is 2.04 bits per heavy atom. The number of sulfonamides is 1. The predicted molar refractivity (Wildman–Crippen MR) is 78.5 cm³/mol. The van der Waals surface area contributed by atoms with Gasteiger partial charge in [0.15, 0.2) is 0 Å². The van der Waals surface area contributed by atoms with Crippen LogP contribution in [0.4, 0.5) is 13.2 Å². The van der Waals surface area contributed by atoms with Crippen molar-refractivity contribution >= 4 is 10.0 Å². The third-order valence-electron chi connectivity index (χ3n) is 4.64. The van der Waals surface area contributed by atoms with Crippen molar-refractivity contribution in [1.82, 2.24) is 4.31 Å². The van der Waals surface area contributed by atoms with Crippen molar-refractivity contribution in [3.8, 4) is 5.75 Å². The molecule has 0 spiro atoms. The van der Waals surface area contributed by atoms with Crippen molar-refractivity contribution in [1.29, 1.82) is 0 Å². The van der Waals surface area contributed by atoms with E-state index in [1.54, 1.807) is 0 Å². The average molecular weight is 349 g/mol. The van der Waals surface area contributed by atoms with Gasteiger partial charge in [0, 0.05) is 6.04 Å². The van der Waals surface area contributed by atoms with Crippen LogP contribution < -0.4 is 4.74 Å². The number of piperidine rings is 1. The Bertz CT molecular complexity index is 689. The molecule has 1 aromatic carbocycles. The molecule has 0 radical (unpaired) electrons. The molecule has 4 nitrogen and oxygen atoms in total. The summed E-state index contributed by atoms with van der Waals surface area (Å²) in [5.41, 5.74) is -0.775. The first-order valence-electron chi connectivity index (χ1n) is 7.45. The SMILES string of the molecule is CS(=O)(=O)N1[C@H]2CC[C@@H](C2)[C@H]1COc1cccc(C(F)(F)F)c1. The van der Waals surface area contributed by atoms with E-state index in [1.807, 2.05) is 0 Å². The molecule has 1 heterocycles. The second-order valence-corrected chi connectivity index (χ2v) is 8.11. The number of fused-ring (bicyclic) bond motifs is 2. The third kappa shape index (κ3) is 3.33. The maximum atomic E-state index is 12.7. The number of ether oxygens (including phenoxy) is 1. The lowest BCUT2D eigenvalue weighted by molar-refractivity contribution is -0.137. The fourth-order valence-corrected chi connectivity index (χ4v) is 5.18. The number of alkyl halides is 3. The van der Waals surface area contributed by atoms with Gasteiger partial charge in [0.1, 0.15) is 12.4 Å². The van der Waals surface area contributed by atoms with Gasteiger partial charge in [-0.05, 0) is 43.4 Å². The lowest BCUT2D eigenvalue weighted by Crippen LogP contribution is -2.47. The van der Waals surface area contributed by atoms with Gasteiger partial charge < -0.3 is 4.74 Å². The zero-order chi connectivity index (χ0) is 16.8. The van der Waals surface area contributed by atoms with Gasteiger partial charge in [-0.2, -0.15) is 17.5 Å². The first-order valence-corrected chi connectivity index (χ1v) is 9.29. The zero-order valence-corrected chi connectivity index (χ0v) is 13.4. The van der Waals surface area contributed by atoms with Gasteiger partial charge in [-0.1, -0.05) is 6.07 Å². The van der Waals surface area contributed by atoms with E-state index in [0.717, 1.165) is 31.4 Å². The normalized spacial score (nSPS) is 28.3. The molecule has 2 fully saturated rings. The van der Waals surface area contributed by atoms with Crippen LogP contribution in [0.2, 0.25) is 0 Å². The molecule has 3 rings (SSSR count). The first-order chi connectivity index (χ1) is 10.7. The van der Waals surface area contributed by atoms with Gasteiger partial charge in [-0.25, -0.2) is 8.42 Å².